The molecular weight excluding hydrogens is 308 g/mol. The quantitative estimate of drug-likeness (QED) is 0.491. The normalized spacial score (nSPS) is 10.8. The Bertz CT molecular complexity index is 564. The average Bonchev–Trinajstić information content (AvgIpc) is 2.48. The maximum Gasteiger partial charge on any atom is 0.519 e. The number of hydrogen-bond acceptors (Lipinski definition) is 3. The highest BCUT2D eigenvalue weighted by molar-refractivity contribution is 6.71. The zero-order valence-corrected chi connectivity index (χ0v) is 15.3. The summed E-state index contributed by atoms with van der Waals surface area (Å²) in [5, 5.41) is 2.61. The van der Waals surface area contributed by atoms with Gasteiger partial charge in [-0.15, -0.1) is 0 Å². The van der Waals surface area contributed by atoms with E-state index in [0.717, 1.165) is 0 Å². The van der Waals surface area contributed by atoms with Gasteiger partial charge in [-0.05, 0) is 24.3 Å². The van der Waals surface area contributed by atoms with Gasteiger partial charge in [-0.3, -0.25) is 0 Å². The maximum atomic E-state index is 11.8. The molecule has 0 saturated carbocycles. The van der Waals surface area contributed by atoms with Gasteiger partial charge in [0.1, 0.15) is 11.5 Å². The summed E-state index contributed by atoms with van der Waals surface area (Å²) < 4.78 is 10.4. The molecule has 0 unspecified atom stereocenters. The molecule has 2 aromatic rings. The van der Waals surface area contributed by atoms with Crippen molar-refractivity contribution in [1.82, 2.24) is 0 Å². The summed E-state index contributed by atoms with van der Waals surface area (Å²) in [7, 11) is -0.970. The van der Waals surface area contributed by atoms with E-state index < -0.39 is 23.7 Å². The second kappa shape index (κ2) is 7.42. The lowest BCUT2D eigenvalue weighted by Crippen LogP contribution is -2.22. The van der Waals surface area contributed by atoms with E-state index in [1.807, 2.05) is 24.3 Å². The molecule has 0 N–H and O–H groups in total. The number of carbonyl (C=O) groups is 1. The van der Waals surface area contributed by atoms with Gasteiger partial charge in [-0.1, -0.05) is 60.8 Å². The third-order valence-corrected chi connectivity index (χ3v) is 6.24. The first kappa shape index (κ1) is 16.5. The van der Waals surface area contributed by atoms with Crippen LogP contribution in [0.5, 0.6) is 11.5 Å². The summed E-state index contributed by atoms with van der Waals surface area (Å²) >= 11 is 0. The van der Waals surface area contributed by atoms with Gasteiger partial charge >= 0.3 is 6.16 Å². The molecule has 0 atom stereocenters. The van der Waals surface area contributed by atoms with E-state index in [2.05, 4.69) is 26.2 Å². The van der Waals surface area contributed by atoms with Crippen molar-refractivity contribution in [2.24, 2.45) is 0 Å². The third kappa shape index (κ3) is 4.57. The molecule has 0 amide bonds. The SMILES string of the molecule is C[Si](C)c1ccc(OC(=O)Oc2ccc([Si](C)C)cc2)cc1. The van der Waals surface area contributed by atoms with Crippen LogP contribution < -0.4 is 19.8 Å². The van der Waals surface area contributed by atoms with E-state index in [1.165, 1.54) is 10.4 Å². The highest BCUT2D eigenvalue weighted by Crippen LogP contribution is 2.13. The van der Waals surface area contributed by atoms with E-state index in [-0.39, 0.29) is 0 Å². The summed E-state index contributed by atoms with van der Waals surface area (Å²) in [5.74, 6) is 1.00. The van der Waals surface area contributed by atoms with Gasteiger partial charge in [0.05, 0.1) is 17.6 Å². The lowest BCUT2D eigenvalue weighted by atomic mass is 10.3. The number of ether oxygens (including phenoxy) is 2. The summed E-state index contributed by atoms with van der Waals surface area (Å²) in [5.41, 5.74) is 0. The van der Waals surface area contributed by atoms with Crippen LogP contribution in [0.25, 0.3) is 0 Å². The van der Waals surface area contributed by atoms with Crippen molar-refractivity contribution < 1.29 is 14.3 Å². The van der Waals surface area contributed by atoms with Crippen LogP contribution in [0.1, 0.15) is 0 Å². The Hall–Kier alpha value is -1.86. The van der Waals surface area contributed by atoms with Gasteiger partial charge in [0.15, 0.2) is 0 Å². The Morgan fingerprint density at radius 1 is 0.682 bits per heavy atom. The number of carbonyl (C=O) groups excluding carboxylic acids is 1. The molecule has 0 heterocycles. The van der Waals surface area contributed by atoms with Gasteiger partial charge in [-0.2, -0.15) is 0 Å². The van der Waals surface area contributed by atoms with Gasteiger partial charge in [0.25, 0.3) is 0 Å². The van der Waals surface area contributed by atoms with E-state index in [0.29, 0.717) is 11.5 Å². The average molecular weight is 329 g/mol. The van der Waals surface area contributed by atoms with Crippen molar-refractivity contribution >= 4 is 34.1 Å². The first-order chi connectivity index (χ1) is 10.5. The Morgan fingerprint density at radius 3 is 1.27 bits per heavy atom. The van der Waals surface area contributed by atoms with Crippen molar-refractivity contribution in [3.8, 4) is 11.5 Å². The van der Waals surface area contributed by atoms with E-state index in [4.69, 9.17) is 9.47 Å². The molecule has 0 spiro atoms. The maximum absolute atomic E-state index is 11.8. The molecule has 0 aliphatic heterocycles. The summed E-state index contributed by atoms with van der Waals surface area (Å²) in [6, 6.07) is 15.2. The first-order valence-electron chi connectivity index (χ1n) is 7.16. The zero-order chi connectivity index (χ0) is 16.1. The molecular formula is C17H20O3Si2. The number of hydrogen-bond donors (Lipinski definition) is 0. The minimum absolute atomic E-state index is 0.485. The van der Waals surface area contributed by atoms with E-state index in [1.54, 1.807) is 24.3 Å². The largest absolute Gasteiger partial charge is 0.519 e. The molecule has 0 fully saturated rings. The molecule has 2 radical (unpaired) electrons. The second-order valence-corrected chi connectivity index (χ2v) is 10.7. The number of rotatable bonds is 4. The van der Waals surface area contributed by atoms with Crippen molar-refractivity contribution in [1.29, 1.82) is 0 Å². The summed E-state index contributed by atoms with van der Waals surface area (Å²) in [6.07, 6.45) is -0.711. The van der Waals surface area contributed by atoms with Crippen molar-refractivity contribution in [2.45, 2.75) is 26.2 Å². The van der Waals surface area contributed by atoms with Crippen LogP contribution in [-0.2, 0) is 0 Å². The van der Waals surface area contributed by atoms with Gasteiger partial charge in [0, 0.05) is 0 Å². The Morgan fingerprint density at radius 2 is 1.00 bits per heavy atom. The molecule has 0 aliphatic carbocycles. The third-order valence-electron chi connectivity index (χ3n) is 3.27. The lowest BCUT2D eigenvalue weighted by molar-refractivity contribution is 0.152. The highest BCUT2D eigenvalue weighted by atomic mass is 28.3. The first-order valence-corrected chi connectivity index (χ1v) is 12.2. The fraction of sp³-hybridized carbons (Fsp3) is 0.235. The zero-order valence-electron chi connectivity index (χ0n) is 13.3. The van der Waals surface area contributed by atoms with Crippen LogP contribution in [0.4, 0.5) is 4.79 Å². The van der Waals surface area contributed by atoms with E-state index in [9.17, 15) is 4.79 Å². The van der Waals surface area contributed by atoms with Crippen LogP contribution in [0, 0.1) is 0 Å². The molecule has 22 heavy (non-hydrogen) atoms. The summed E-state index contributed by atoms with van der Waals surface area (Å²) in [4.78, 5) is 11.8. The predicted molar refractivity (Wildman–Crippen MR) is 93.8 cm³/mol. The minimum Gasteiger partial charge on any atom is -0.395 e. The van der Waals surface area contributed by atoms with Crippen molar-refractivity contribution in [2.75, 3.05) is 0 Å². The summed E-state index contributed by atoms with van der Waals surface area (Å²) in [6.45, 7) is 8.88. The van der Waals surface area contributed by atoms with Crippen LogP contribution in [0.2, 0.25) is 26.2 Å². The Balaban J connectivity index is 1.94. The highest BCUT2D eigenvalue weighted by Gasteiger charge is 2.09. The fourth-order valence-corrected chi connectivity index (χ4v) is 3.59. The topological polar surface area (TPSA) is 35.5 Å². The molecule has 3 nitrogen and oxygen atoms in total. The molecule has 114 valence electrons. The predicted octanol–water partition coefficient (Wildman–Crippen LogP) is 3.19. The van der Waals surface area contributed by atoms with E-state index >= 15 is 0 Å². The van der Waals surface area contributed by atoms with Crippen LogP contribution >= 0.6 is 0 Å². The number of benzene rings is 2. The van der Waals surface area contributed by atoms with Crippen LogP contribution in [0.3, 0.4) is 0 Å². The van der Waals surface area contributed by atoms with Crippen molar-refractivity contribution in [3.63, 3.8) is 0 Å². The fourth-order valence-electron chi connectivity index (χ4n) is 1.93. The molecule has 0 aromatic heterocycles. The second-order valence-electron chi connectivity index (χ2n) is 5.50. The van der Waals surface area contributed by atoms with Crippen LogP contribution in [0.15, 0.2) is 48.5 Å². The Kier molecular flexibility index (Phi) is 5.57. The molecule has 0 aliphatic rings. The lowest BCUT2D eigenvalue weighted by Gasteiger charge is -2.08. The molecule has 2 rings (SSSR count). The van der Waals surface area contributed by atoms with Gasteiger partial charge < -0.3 is 9.47 Å². The molecule has 0 saturated heterocycles. The molecule has 5 heteroatoms. The molecule has 0 bridgehead atoms. The smallest absolute Gasteiger partial charge is 0.395 e. The van der Waals surface area contributed by atoms with Crippen LogP contribution in [-0.4, -0.2) is 23.7 Å². The van der Waals surface area contributed by atoms with Gasteiger partial charge in [0.2, 0.25) is 0 Å². The monoisotopic (exact) mass is 328 g/mol. The Labute approximate surface area is 135 Å². The minimum atomic E-state index is -0.711. The van der Waals surface area contributed by atoms with Gasteiger partial charge in [-0.25, -0.2) is 4.79 Å². The molecule has 2 aromatic carbocycles. The van der Waals surface area contributed by atoms with Crippen molar-refractivity contribution in [3.05, 3.63) is 48.5 Å². The standard InChI is InChI=1S/C17H20O3Si2/c1-21(2)15-9-5-13(6-10-15)19-17(18)20-14-7-11-16(12-8-14)22(3)4/h5-12H,1-4H3.